The summed E-state index contributed by atoms with van der Waals surface area (Å²) in [6.45, 7) is 2.25. The number of rotatable bonds is 5. The van der Waals surface area contributed by atoms with Crippen LogP contribution in [-0.2, 0) is 19.8 Å². The molecule has 0 aromatic heterocycles. The number of nitrogens with zero attached hydrogens (tertiary/aromatic N) is 2. The van der Waals surface area contributed by atoms with Crippen LogP contribution in [0.25, 0.3) is 0 Å². The van der Waals surface area contributed by atoms with Crippen molar-refractivity contribution < 1.29 is 18.0 Å². The largest absolute Gasteiger partial charge is 0.336 e. The summed E-state index contributed by atoms with van der Waals surface area (Å²) in [5, 5.41) is 7.89. The Balaban J connectivity index is 1.88. The van der Waals surface area contributed by atoms with Crippen molar-refractivity contribution in [1.82, 2.24) is 9.21 Å². The van der Waals surface area contributed by atoms with Crippen LogP contribution in [0.2, 0.25) is 0 Å². The predicted octanol–water partition coefficient (Wildman–Crippen LogP) is 1.07. The standard InChI is InChI=1S/C16H23BrN4O4S/c1-11-9-13(17)3-4-14(11)19-15(22)10-20(2)16(23)12-5-7-21(8-6-12)26(18,24)25/h3-4,9,12H,5-8,10H2,1-2H3,(H,19,22)(H2,18,24,25). The molecule has 0 unspecified atom stereocenters. The Bertz CT molecular complexity index is 791. The van der Waals surface area contributed by atoms with Crippen LogP contribution in [-0.4, -0.2) is 56.1 Å². The first-order valence-corrected chi connectivity index (χ1v) is 10.5. The summed E-state index contributed by atoms with van der Waals surface area (Å²) in [4.78, 5) is 26.1. The normalized spacial score (nSPS) is 16.3. The van der Waals surface area contributed by atoms with Crippen molar-refractivity contribution in [2.75, 3.05) is 32.0 Å². The topological polar surface area (TPSA) is 113 Å². The summed E-state index contributed by atoms with van der Waals surface area (Å²) in [7, 11) is -2.14. The van der Waals surface area contributed by atoms with Crippen molar-refractivity contribution in [2.24, 2.45) is 11.1 Å². The average Bonchev–Trinajstić information content (AvgIpc) is 2.56. The van der Waals surface area contributed by atoms with Gasteiger partial charge in [0.05, 0.1) is 6.54 Å². The lowest BCUT2D eigenvalue weighted by molar-refractivity contribution is -0.138. The number of likely N-dealkylation sites (N-methyl/N-ethyl adjacent to an activating group) is 1. The molecule has 0 radical (unpaired) electrons. The highest BCUT2D eigenvalue weighted by Gasteiger charge is 2.31. The lowest BCUT2D eigenvalue weighted by atomic mass is 9.96. The first-order valence-electron chi connectivity index (χ1n) is 8.17. The molecule has 1 saturated heterocycles. The molecule has 1 heterocycles. The van der Waals surface area contributed by atoms with E-state index in [-0.39, 0.29) is 37.4 Å². The fourth-order valence-electron chi connectivity index (χ4n) is 2.92. The van der Waals surface area contributed by atoms with E-state index in [0.717, 1.165) is 10.0 Å². The molecule has 1 aliphatic heterocycles. The quantitative estimate of drug-likeness (QED) is 0.703. The number of halogens is 1. The number of carbonyl (C=O) groups excluding carboxylic acids is 2. The predicted molar refractivity (Wildman–Crippen MR) is 103 cm³/mol. The molecule has 1 aromatic rings. The number of amides is 2. The molecule has 0 aliphatic carbocycles. The van der Waals surface area contributed by atoms with Gasteiger partial charge in [0.15, 0.2) is 0 Å². The summed E-state index contributed by atoms with van der Waals surface area (Å²) >= 11 is 3.37. The molecule has 144 valence electrons. The summed E-state index contributed by atoms with van der Waals surface area (Å²) in [5.41, 5.74) is 1.61. The molecular formula is C16H23BrN4O4S. The van der Waals surface area contributed by atoms with Crippen LogP contribution < -0.4 is 10.5 Å². The molecule has 8 nitrogen and oxygen atoms in total. The van der Waals surface area contributed by atoms with Crippen LogP contribution >= 0.6 is 15.9 Å². The minimum absolute atomic E-state index is 0.0657. The number of nitrogens with one attached hydrogen (secondary N) is 1. The van der Waals surface area contributed by atoms with Gasteiger partial charge in [0.2, 0.25) is 11.8 Å². The second-order valence-electron chi connectivity index (χ2n) is 6.42. The Morgan fingerprint density at radius 1 is 1.35 bits per heavy atom. The van der Waals surface area contributed by atoms with Crippen LogP contribution in [0.5, 0.6) is 0 Å². The number of aryl methyl sites for hydroxylation is 1. The third-order valence-corrected chi connectivity index (χ3v) is 5.96. The molecule has 2 rings (SSSR count). The Kier molecular flexibility index (Phi) is 6.78. The number of carbonyl (C=O) groups is 2. The maximum Gasteiger partial charge on any atom is 0.276 e. The van der Waals surface area contributed by atoms with Gasteiger partial charge in [-0.15, -0.1) is 0 Å². The lowest BCUT2D eigenvalue weighted by Crippen LogP contribution is -2.46. The van der Waals surface area contributed by atoms with Crippen molar-refractivity contribution in [3.05, 3.63) is 28.2 Å². The van der Waals surface area contributed by atoms with Gasteiger partial charge in [-0.1, -0.05) is 15.9 Å². The number of benzene rings is 1. The van der Waals surface area contributed by atoms with Gasteiger partial charge in [0.1, 0.15) is 0 Å². The van der Waals surface area contributed by atoms with Crippen LogP contribution in [0.15, 0.2) is 22.7 Å². The van der Waals surface area contributed by atoms with Crippen LogP contribution in [0, 0.1) is 12.8 Å². The fraction of sp³-hybridized carbons (Fsp3) is 0.500. The minimum atomic E-state index is -3.72. The highest BCUT2D eigenvalue weighted by atomic mass is 79.9. The van der Waals surface area contributed by atoms with E-state index in [4.69, 9.17) is 5.14 Å². The average molecular weight is 447 g/mol. The van der Waals surface area contributed by atoms with Crippen molar-refractivity contribution >= 4 is 43.6 Å². The van der Waals surface area contributed by atoms with Gasteiger partial charge in [-0.3, -0.25) is 9.59 Å². The van der Waals surface area contributed by atoms with Gasteiger partial charge in [-0.25, -0.2) is 5.14 Å². The second-order valence-corrected chi connectivity index (χ2v) is 8.88. The summed E-state index contributed by atoms with van der Waals surface area (Å²) in [6.07, 6.45) is 0.792. The smallest absolute Gasteiger partial charge is 0.276 e. The Morgan fingerprint density at radius 2 is 1.96 bits per heavy atom. The van der Waals surface area contributed by atoms with E-state index in [1.807, 2.05) is 19.1 Å². The zero-order chi connectivity index (χ0) is 19.5. The highest BCUT2D eigenvalue weighted by Crippen LogP contribution is 2.21. The minimum Gasteiger partial charge on any atom is -0.336 e. The van der Waals surface area contributed by atoms with Crippen LogP contribution in [0.4, 0.5) is 5.69 Å². The van der Waals surface area contributed by atoms with E-state index in [0.29, 0.717) is 18.5 Å². The van der Waals surface area contributed by atoms with Crippen molar-refractivity contribution in [2.45, 2.75) is 19.8 Å². The molecule has 26 heavy (non-hydrogen) atoms. The molecule has 3 N–H and O–H groups in total. The van der Waals surface area contributed by atoms with E-state index < -0.39 is 10.2 Å². The molecule has 0 bridgehead atoms. The van der Waals surface area contributed by atoms with E-state index in [2.05, 4.69) is 21.2 Å². The SMILES string of the molecule is Cc1cc(Br)ccc1NC(=O)CN(C)C(=O)C1CCN(S(N)(=O)=O)CC1. The second kappa shape index (κ2) is 8.47. The first kappa shape index (κ1) is 20.8. The maximum absolute atomic E-state index is 12.5. The fourth-order valence-corrected chi connectivity index (χ4v) is 4.11. The molecule has 1 fully saturated rings. The summed E-state index contributed by atoms with van der Waals surface area (Å²) in [5.74, 6) is -0.754. The number of hydrogen-bond acceptors (Lipinski definition) is 4. The molecular weight excluding hydrogens is 424 g/mol. The van der Waals surface area contributed by atoms with Crippen molar-refractivity contribution in [1.29, 1.82) is 0 Å². The summed E-state index contributed by atoms with van der Waals surface area (Å²) < 4.78 is 24.7. The van der Waals surface area contributed by atoms with Gasteiger partial charge in [-0.2, -0.15) is 12.7 Å². The van der Waals surface area contributed by atoms with E-state index in [1.165, 1.54) is 9.21 Å². The Labute approximate surface area is 162 Å². The monoisotopic (exact) mass is 446 g/mol. The third-order valence-electron chi connectivity index (χ3n) is 4.38. The lowest BCUT2D eigenvalue weighted by Gasteiger charge is -2.31. The van der Waals surface area contributed by atoms with Gasteiger partial charge < -0.3 is 10.2 Å². The molecule has 10 heteroatoms. The number of piperidine rings is 1. The zero-order valence-corrected chi connectivity index (χ0v) is 17.1. The molecule has 1 aromatic carbocycles. The molecule has 1 aliphatic rings. The Hall–Kier alpha value is -1.49. The third kappa shape index (κ3) is 5.50. The van der Waals surface area contributed by atoms with E-state index in [9.17, 15) is 18.0 Å². The van der Waals surface area contributed by atoms with Gasteiger partial charge >= 0.3 is 0 Å². The van der Waals surface area contributed by atoms with Gasteiger partial charge in [-0.05, 0) is 43.5 Å². The Morgan fingerprint density at radius 3 is 2.50 bits per heavy atom. The molecule has 2 amide bonds. The van der Waals surface area contributed by atoms with Crippen molar-refractivity contribution in [3.8, 4) is 0 Å². The van der Waals surface area contributed by atoms with E-state index >= 15 is 0 Å². The maximum atomic E-state index is 12.5. The van der Waals surface area contributed by atoms with Gasteiger partial charge in [0, 0.05) is 36.2 Å². The van der Waals surface area contributed by atoms with Crippen LogP contribution in [0.3, 0.4) is 0 Å². The molecule has 0 atom stereocenters. The van der Waals surface area contributed by atoms with Crippen molar-refractivity contribution in [3.63, 3.8) is 0 Å². The number of nitrogens with two attached hydrogens (primary N) is 1. The molecule has 0 saturated carbocycles. The zero-order valence-electron chi connectivity index (χ0n) is 14.7. The molecule has 0 spiro atoms. The first-order chi connectivity index (χ1) is 12.1. The van der Waals surface area contributed by atoms with Crippen LogP contribution in [0.1, 0.15) is 18.4 Å². The van der Waals surface area contributed by atoms with Gasteiger partial charge in [0.25, 0.3) is 10.2 Å². The summed E-state index contributed by atoms with van der Waals surface area (Å²) in [6, 6.07) is 5.52. The highest BCUT2D eigenvalue weighted by molar-refractivity contribution is 9.10. The number of hydrogen-bond donors (Lipinski definition) is 2. The van der Waals surface area contributed by atoms with E-state index in [1.54, 1.807) is 13.1 Å². The number of anilines is 1.